The van der Waals surface area contributed by atoms with Crippen LogP contribution < -0.4 is 10.2 Å². The Kier molecular flexibility index (Phi) is 3.76. The number of rotatable bonds is 3. The summed E-state index contributed by atoms with van der Waals surface area (Å²) in [5.74, 6) is 0. The Morgan fingerprint density at radius 3 is 2.44 bits per heavy atom. The first-order chi connectivity index (χ1) is 7.70. The minimum Gasteiger partial charge on any atom is -0.347 e. The van der Waals surface area contributed by atoms with E-state index in [0.29, 0.717) is 12.1 Å². The fraction of sp³-hybridized carbons (Fsp3) is 0.818. The molecule has 2 rings (SSSR count). The van der Waals surface area contributed by atoms with Crippen molar-refractivity contribution in [3.05, 3.63) is 5.01 Å². The Bertz CT molecular complexity index is 330. The van der Waals surface area contributed by atoms with Gasteiger partial charge in [-0.15, -0.1) is 10.2 Å². The van der Waals surface area contributed by atoms with E-state index in [0.717, 1.165) is 10.1 Å². The number of anilines is 1. The van der Waals surface area contributed by atoms with Gasteiger partial charge in [0.15, 0.2) is 0 Å². The monoisotopic (exact) mass is 240 g/mol. The van der Waals surface area contributed by atoms with Crippen molar-refractivity contribution in [2.75, 3.05) is 19.0 Å². The zero-order chi connectivity index (χ0) is 11.5. The van der Waals surface area contributed by atoms with Gasteiger partial charge in [0.2, 0.25) is 5.13 Å². The molecule has 0 spiro atoms. The lowest BCUT2D eigenvalue weighted by atomic mass is 9.91. The van der Waals surface area contributed by atoms with Gasteiger partial charge in [-0.2, -0.15) is 0 Å². The molecule has 1 aliphatic carbocycles. The molecule has 0 bridgehead atoms. The molecule has 1 fully saturated rings. The molecule has 4 nitrogen and oxygen atoms in total. The molecule has 0 aromatic carbocycles. The molecule has 1 saturated carbocycles. The van der Waals surface area contributed by atoms with E-state index in [1.807, 2.05) is 6.92 Å². The summed E-state index contributed by atoms with van der Waals surface area (Å²) in [5, 5.41) is 13.8. The third-order valence-electron chi connectivity index (χ3n) is 3.47. The average Bonchev–Trinajstić information content (AvgIpc) is 2.75. The van der Waals surface area contributed by atoms with Gasteiger partial charge in [-0.3, -0.25) is 0 Å². The molecular weight excluding hydrogens is 220 g/mol. The summed E-state index contributed by atoms with van der Waals surface area (Å²) in [5.41, 5.74) is 0. The fourth-order valence-corrected chi connectivity index (χ4v) is 3.06. The average molecular weight is 240 g/mol. The van der Waals surface area contributed by atoms with Gasteiger partial charge in [-0.1, -0.05) is 11.3 Å². The quantitative estimate of drug-likeness (QED) is 0.875. The van der Waals surface area contributed by atoms with Gasteiger partial charge in [-0.05, 0) is 39.7 Å². The molecule has 16 heavy (non-hydrogen) atoms. The highest BCUT2D eigenvalue weighted by atomic mass is 32.1. The van der Waals surface area contributed by atoms with Crippen LogP contribution in [-0.4, -0.2) is 36.4 Å². The molecule has 1 heterocycles. The third-order valence-corrected chi connectivity index (χ3v) is 4.40. The second-order valence-corrected chi connectivity index (χ2v) is 5.67. The van der Waals surface area contributed by atoms with Crippen LogP contribution in [0, 0.1) is 6.92 Å². The molecule has 0 saturated heterocycles. The normalized spacial score (nSPS) is 25.7. The van der Waals surface area contributed by atoms with Gasteiger partial charge in [0, 0.05) is 19.1 Å². The van der Waals surface area contributed by atoms with Crippen molar-refractivity contribution < 1.29 is 0 Å². The van der Waals surface area contributed by atoms with E-state index in [2.05, 4.69) is 34.5 Å². The molecule has 5 heteroatoms. The van der Waals surface area contributed by atoms with E-state index in [4.69, 9.17) is 0 Å². The van der Waals surface area contributed by atoms with Crippen LogP contribution in [0.4, 0.5) is 5.13 Å². The summed E-state index contributed by atoms with van der Waals surface area (Å²) in [4.78, 5) is 2.30. The minimum atomic E-state index is 0.636. The lowest BCUT2D eigenvalue weighted by molar-refractivity contribution is 0.351. The number of aryl methyl sites for hydroxylation is 1. The first-order valence-electron chi connectivity index (χ1n) is 5.91. The number of nitrogens with one attached hydrogen (secondary N) is 1. The highest BCUT2D eigenvalue weighted by Crippen LogP contribution is 2.27. The van der Waals surface area contributed by atoms with Crippen molar-refractivity contribution in [1.82, 2.24) is 15.5 Å². The zero-order valence-corrected chi connectivity index (χ0v) is 11.0. The van der Waals surface area contributed by atoms with Gasteiger partial charge < -0.3 is 10.2 Å². The van der Waals surface area contributed by atoms with E-state index < -0.39 is 0 Å². The van der Waals surface area contributed by atoms with E-state index in [1.165, 1.54) is 25.7 Å². The lowest BCUT2D eigenvalue weighted by Crippen LogP contribution is -2.39. The predicted molar refractivity (Wildman–Crippen MR) is 68.2 cm³/mol. The van der Waals surface area contributed by atoms with Crippen LogP contribution in [0.25, 0.3) is 0 Å². The van der Waals surface area contributed by atoms with Crippen molar-refractivity contribution in [1.29, 1.82) is 0 Å². The van der Waals surface area contributed by atoms with Gasteiger partial charge in [-0.25, -0.2) is 0 Å². The number of hydrogen-bond acceptors (Lipinski definition) is 5. The molecular formula is C11H20N4S. The smallest absolute Gasteiger partial charge is 0.208 e. The summed E-state index contributed by atoms with van der Waals surface area (Å²) in [6.07, 6.45) is 5.04. The fourth-order valence-electron chi connectivity index (χ4n) is 2.34. The Labute approximate surface area is 101 Å². The molecule has 0 radical (unpaired) electrons. The van der Waals surface area contributed by atoms with Gasteiger partial charge in [0.05, 0.1) is 0 Å². The van der Waals surface area contributed by atoms with Crippen LogP contribution in [0.2, 0.25) is 0 Å². The maximum Gasteiger partial charge on any atom is 0.208 e. The van der Waals surface area contributed by atoms with Gasteiger partial charge in [0.25, 0.3) is 0 Å². The lowest BCUT2D eigenvalue weighted by Gasteiger charge is -2.34. The van der Waals surface area contributed by atoms with E-state index in [-0.39, 0.29) is 0 Å². The van der Waals surface area contributed by atoms with Crippen LogP contribution in [0.5, 0.6) is 0 Å². The molecule has 0 aliphatic heterocycles. The number of hydrogen-bond donors (Lipinski definition) is 1. The summed E-state index contributed by atoms with van der Waals surface area (Å²) < 4.78 is 0. The molecule has 1 N–H and O–H groups in total. The predicted octanol–water partition coefficient (Wildman–Crippen LogP) is 1.81. The molecule has 1 aromatic heterocycles. The molecule has 0 unspecified atom stereocenters. The Hall–Kier alpha value is -0.680. The highest BCUT2D eigenvalue weighted by Gasteiger charge is 2.24. The van der Waals surface area contributed by atoms with Crippen molar-refractivity contribution in [2.24, 2.45) is 0 Å². The van der Waals surface area contributed by atoms with Crippen LogP contribution in [0.3, 0.4) is 0 Å². The Morgan fingerprint density at radius 1 is 1.25 bits per heavy atom. The van der Waals surface area contributed by atoms with Crippen LogP contribution in [0.1, 0.15) is 30.7 Å². The summed E-state index contributed by atoms with van der Waals surface area (Å²) in [6.45, 7) is 2.01. The first kappa shape index (κ1) is 11.8. The summed E-state index contributed by atoms with van der Waals surface area (Å²) in [7, 11) is 4.20. The maximum absolute atomic E-state index is 4.21. The Balaban J connectivity index is 1.93. The van der Waals surface area contributed by atoms with Crippen molar-refractivity contribution in [3.63, 3.8) is 0 Å². The van der Waals surface area contributed by atoms with Gasteiger partial charge in [0.1, 0.15) is 5.01 Å². The van der Waals surface area contributed by atoms with Gasteiger partial charge >= 0.3 is 0 Å². The SMILES string of the molecule is CNC1CCC(N(C)c2nnc(C)s2)CC1. The van der Waals surface area contributed by atoms with E-state index in [1.54, 1.807) is 11.3 Å². The van der Waals surface area contributed by atoms with Crippen LogP contribution in [0.15, 0.2) is 0 Å². The molecule has 0 amide bonds. The van der Waals surface area contributed by atoms with Crippen molar-refractivity contribution >= 4 is 16.5 Å². The number of aromatic nitrogens is 2. The second-order valence-electron chi connectivity index (χ2n) is 4.51. The van der Waals surface area contributed by atoms with E-state index >= 15 is 0 Å². The molecule has 0 atom stereocenters. The summed E-state index contributed by atoms with van der Waals surface area (Å²) >= 11 is 1.68. The second kappa shape index (κ2) is 5.10. The maximum atomic E-state index is 4.21. The minimum absolute atomic E-state index is 0.636. The number of nitrogens with zero attached hydrogens (tertiary/aromatic N) is 3. The molecule has 1 aromatic rings. The topological polar surface area (TPSA) is 41.0 Å². The van der Waals surface area contributed by atoms with Crippen LogP contribution >= 0.6 is 11.3 Å². The standard InChI is InChI=1S/C11H20N4S/c1-8-13-14-11(16-8)15(3)10-6-4-9(12-2)5-7-10/h9-10,12H,4-7H2,1-3H3. The first-order valence-corrected chi connectivity index (χ1v) is 6.72. The largest absolute Gasteiger partial charge is 0.347 e. The Morgan fingerprint density at radius 2 is 1.94 bits per heavy atom. The molecule has 90 valence electrons. The van der Waals surface area contributed by atoms with Crippen molar-refractivity contribution in [3.8, 4) is 0 Å². The third kappa shape index (κ3) is 2.52. The highest BCUT2D eigenvalue weighted by molar-refractivity contribution is 7.15. The van der Waals surface area contributed by atoms with Crippen LogP contribution in [-0.2, 0) is 0 Å². The summed E-state index contributed by atoms with van der Waals surface area (Å²) in [6, 6.07) is 1.35. The van der Waals surface area contributed by atoms with Crippen molar-refractivity contribution in [2.45, 2.75) is 44.7 Å². The molecule has 1 aliphatic rings. The van der Waals surface area contributed by atoms with E-state index in [9.17, 15) is 0 Å². The zero-order valence-electron chi connectivity index (χ0n) is 10.2.